The molecule has 178 valence electrons. The van der Waals surface area contributed by atoms with Gasteiger partial charge in [-0.05, 0) is 29.7 Å². The first-order valence-corrected chi connectivity index (χ1v) is 9.92. The first-order valence-electron chi connectivity index (χ1n) is 9.92. The zero-order valence-corrected chi connectivity index (χ0v) is 17.6. The van der Waals surface area contributed by atoms with Gasteiger partial charge in [0.2, 0.25) is 0 Å². The minimum Gasteiger partial charge on any atom is -0.312 e. The van der Waals surface area contributed by atoms with Gasteiger partial charge in [-0.25, -0.2) is 9.78 Å². The number of hydrogen-bond donors (Lipinski definition) is 0. The number of carbonyl (C=O) groups is 2. The van der Waals surface area contributed by atoms with Crippen LogP contribution in [0.3, 0.4) is 0 Å². The molecule has 1 atom stereocenters. The van der Waals surface area contributed by atoms with Crippen molar-refractivity contribution in [2.24, 2.45) is 5.92 Å². The first kappa shape index (κ1) is 24.5. The first-order chi connectivity index (χ1) is 15.3. The molecule has 2 aromatic rings. The molecule has 3 heterocycles. The molecule has 0 aromatic carbocycles. The fraction of sp³-hybridized carbons (Fsp3) is 0.429. The Balaban J connectivity index is 1.72. The van der Waals surface area contributed by atoms with Crippen LogP contribution in [-0.4, -0.2) is 45.8 Å². The molecule has 0 unspecified atom stereocenters. The molecule has 0 saturated carbocycles. The van der Waals surface area contributed by atoms with Crippen molar-refractivity contribution in [3.63, 3.8) is 0 Å². The molecule has 12 heteroatoms. The molecule has 1 aliphatic rings. The zero-order valence-electron chi connectivity index (χ0n) is 17.6. The smallest absolute Gasteiger partial charge is 0.312 e. The van der Waals surface area contributed by atoms with E-state index in [-0.39, 0.29) is 36.7 Å². The lowest BCUT2D eigenvalue weighted by Crippen LogP contribution is -2.41. The summed E-state index contributed by atoms with van der Waals surface area (Å²) in [6.45, 7) is 3.53. The zero-order chi connectivity index (χ0) is 24.6. The Morgan fingerprint density at radius 2 is 1.58 bits per heavy atom. The summed E-state index contributed by atoms with van der Waals surface area (Å²) in [5, 5.41) is 0. The average Bonchev–Trinajstić information content (AvgIpc) is 3.03. The van der Waals surface area contributed by atoms with Crippen LogP contribution in [0.15, 0.2) is 36.7 Å². The number of carbonyl (C=O) groups excluding carboxylic acids is 2. The molecular formula is C21H20F6N4O2. The van der Waals surface area contributed by atoms with E-state index in [9.17, 15) is 35.9 Å². The second-order valence-corrected chi connectivity index (χ2v) is 8.00. The minimum atomic E-state index is -4.61. The van der Waals surface area contributed by atoms with E-state index in [0.717, 1.165) is 36.7 Å². The number of nitrogens with zero attached hydrogens (tertiary/aromatic N) is 4. The monoisotopic (exact) mass is 474 g/mol. The molecule has 2 aromatic heterocycles. The molecule has 1 fully saturated rings. The van der Waals surface area contributed by atoms with E-state index in [1.54, 1.807) is 0 Å². The summed E-state index contributed by atoms with van der Waals surface area (Å²) in [5.41, 5.74) is -1.73. The summed E-state index contributed by atoms with van der Waals surface area (Å²) >= 11 is 0. The molecule has 6 nitrogen and oxygen atoms in total. The number of alkyl halides is 6. The number of halogens is 6. The van der Waals surface area contributed by atoms with E-state index in [4.69, 9.17) is 0 Å². The third kappa shape index (κ3) is 5.60. The Bertz CT molecular complexity index is 1000. The molecule has 3 rings (SSSR count). The van der Waals surface area contributed by atoms with Crippen LogP contribution in [0.4, 0.5) is 36.8 Å². The van der Waals surface area contributed by atoms with Crippen LogP contribution >= 0.6 is 0 Å². The molecule has 0 N–H and O–H groups in total. The van der Waals surface area contributed by atoms with Crippen LogP contribution in [-0.2, 0) is 23.6 Å². The van der Waals surface area contributed by atoms with Crippen LogP contribution < -0.4 is 4.90 Å². The summed E-state index contributed by atoms with van der Waals surface area (Å²) in [4.78, 5) is 34.8. The van der Waals surface area contributed by atoms with Crippen LogP contribution in [0, 0.1) is 5.92 Å². The normalized spacial score (nSPS) is 17.2. The Morgan fingerprint density at radius 1 is 1.00 bits per heavy atom. The van der Waals surface area contributed by atoms with Gasteiger partial charge < -0.3 is 4.90 Å². The van der Waals surface area contributed by atoms with Gasteiger partial charge in [0.05, 0.1) is 24.5 Å². The lowest BCUT2D eigenvalue weighted by Gasteiger charge is -2.25. The Kier molecular flexibility index (Phi) is 6.66. The Labute approximate surface area is 185 Å². The summed E-state index contributed by atoms with van der Waals surface area (Å²) in [6.07, 6.45) is -7.50. The fourth-order valence-corrected chi connectivity index (χ4v) is 3.52. The third-order valence-corrected chi connectivity index (χ3v) is 5.23. The predicted octanol–water partition coefficient (Wildman–Crippen LogP) is 4.59. The number of Topliss-reactive ketones (excluding diaryl/α,β-unsaturated/α-hetero) is 1. The van der Waals surface area contributed by atoms with Gasteiger partial charge >= 0.3 is 18.4 Å². The number of hydrogen-bond acceptors (Lipinski definition) is 4. The number of amides is 2. The van der Waals surface area contributed by atoms with Gasteiger partial charge in [0.1, 0.15) is 11.4 Å². The van der Waals surface area contributed by atoms with E-state index in [2.05, 4.69) is 9.97 Å². The van der Waals surface area contributed by atoms with Gasteiger partial charge in [0.15, 0.2) is 5.78 Å². The second-order valence-electron chi connectivity index (χ2n) is 8.00. The molecule has 2 amide bonds. The van der Waals surface area contributed by atoms with Crippen molar-refractivity contribution in [1.82, 2.24) is 14.9 Å². The highest BCUT2D eigenvalue weighted by Gasteiger charge is 2.41. The van der Waals surface area contributed by atoms with Gasteiger partial charge in [-0.1, -0.05) is 19.9 Å². The van der Waals surface area contributed by atoms with Gasteiger partial charge in [-0.3, -0.25) is 14.7 Å². The lowest BCUT2D eigenvalue weighted by molar-refractivity contribution is -0.142. The van der Waals surface area contributed by atoms with Crippen molar-refractivity contribution < 1.29 is 35.9 Å². The number of pyridine rings is 2. The quantitative estimate of drug-likeness (QED) is 0.575. The number of ketones is 1. The molecule has 33 heavy (non-hydrogen) atoms. The van der Waals surface area contributed by atoms with E-state index in [1.165, 1.54) is 9.80 Å². The van der Waals surface area contributed by atoms with E-state index in [0.29, 0.717) is 0 Å². The summed E-state index contributed by atoms with van der Waals surface area (Å²) in [5.74, 6) is -0.482. The third-order valence-electron chi connectivity index (χ3n) is 5.23. The van der Waals surface area contributed by atoms with Crippen molar-refractivity contribution in [3.8, 4) is 0 Å². The van der Waals surface area contributed by atoms with E-state index in [1.807, 2.05) is 13.8 Å². The Hall–Kier alpha value is -3.18. The topological polar surface area (TPSA) is 66.4 Å². The maximum absolute atomic E-state index is 13.0. The number of anilines is 1. The maximum Gasteiger partial charge on any atom is 0.433 e. The summed E-state index contributed by atoms with van der Waals surface area (Å²) < 4.78 is 76.2. The number of rotatable bonds is 6. The van der Waals surface area contributed by atoms with Crippen molar-refractivity contribution in [1.29, 1.82) is 0 Å². The van der Waals surface area contributed by atoms with Crippen molar-refractivity contribution in [3.05, 3.63) is 53.6 Å². The standard InChI is InChI=1S/C21H20F6N4O2/c1-12(2)16-11-30(14-4-6-18(29-9-14)21(25,26)27)19(33)31(16)10-15(32)7-13-3-5-17(28-8-13)20(22,23)24/h3-6,8-9,12,16H,7,10-11H2,1-2H3/t16-/m1/s1. The number of aromatic nitrogens is 2. The van der Waals surface area contributed by atoms with Crippen LogP contribution in [0.25, 0.3) is 0 Å². The summed E-state index contributed by atoms with van der Waals surface area (Å²) in [6, 6.07) is 2.89. The van der Waals surface area contributed by atoms with Gasteiger partial charge in [0, 0.05) is 19.2 Å². The van der Waals surface area contributed by atoms with E-state index < -0.39 is 41.6 Å². The van der Waals surface area contributed by atoms with Crippen molar-refractivity contribution >= 4 is 17.5 Å². The molecule has 0 aliphatic carbocycles. The highest BCUT2D eigenvalue weighted by Crippen LogP contribution is 2.31. The SMILES string of the molecule is CC(C)[C@H]1CN(c2ccc(C(F)(F)F)nc2)C(=O)N1CC(=O)Cc1ccc(C(F)(F)F)nc1. The van der Waals surface area contributed by atoms with Crippen molar-refractivity contribution in [2.45, 2.75) is 38.7 Å². The molecular weight excluding hydrogens is 454 g/mol. The lowest BCUT2D eigenvalue weighted by atomic mass is 10.0. The van der Waals surface area contributed by atoms with Crippen LogP contribution in [0.2, 0.25) is 0 Å². The highest BCUT2D eigenvalue weighted by atomic mass is 19.4. The van der Waals surface area contributed by atoms with Crippen molar-refractivity contribution in [2.75, 3.05) is 18.0 Å². The maximum atomic E-state index is 13.0. The van der Waals surface area contributed by atoms with Gasteiger partial charge in [-0.2, -0.15) is 26.3 Å². The minimum absolute atomic E-state index is 0.0677. The summed E-state index contributed by atoms with van der Waals surface area (Å²) in [7, 11) is 0. The Morgan fingerprint density at radius 3 is 2.03 bits per heavy atom. The van der Waals surface area contributed by atoms with E-state index >= 15 is 0 Å². The highest BCUT2D eigenvalue weighted by molar-refractivity contribution is 5.97. The van der Waals surface area contributed by atoms with Crippen LogP contribution in [0.1, 0.15) is 30.8 Å². The van der Waals surface area contributed by atoms with Crippen LogP contribution in [0.5, 0.6) is 0 Å². The molecule has 0 spiro atoms. The molecule has 1 aliphatic heterocycles. The second kappa shape index (κ2) is 8.99. The van der Waals surface area contributed by atoms with Gasteiger partial charge in [-0.15, -0.1) is 0 Å². The predicted molar refractivity (Wildman–Crippen MR) is 105 cm³/mol. The number of urea groups is 1. The average molecular weight is 474 g/mol. The largest absolute Gasteiger partial charge is 0.433 e. The fourth-order valence-electron chi connectivity index (χ4n) is 3.52. The molecule has 0 bridgehead atoms. The molecule has 0 radical (unpaired) electrons. The molecule has 1 saturated heterocycles. The van der Waals surface area contributed by atoms with Gasteiger partial charge in [0.25, 0.3) is 0 Å².